The van der Waals surface area contributed by atoms with Crippen LogP contribution in [0.5, 0.6) is 5.75 Å². The first kappa shape index (κ1) is 19.7. The van der Waals surface area contributed by atoms with Gasteiger partial charge in [0.25, 0.3) is 0 Å². The van der Waals surface area contributed by atoms with E-state index in [9.17, 15) is 13.2 Å². The lowest BCUT2D eigenvalue weighted by molar-refractivity contribution is 0.328. The normalized spacial score (nSPS) is 18.4. The van der Waals surface area contributed by atoms with Gasteiger partial charge >= 0.3 is 5.63 Å². The van der Waals surface area contributed by atoms with Gasteiger partial charge in [-0.3, -0.25) is 0 Å². The van der Waals surface area contributed by atoms with E-state index in [1.165, 1.54) is 12.1 Å². The van der Waals surface area contributed by atoms with Crippen LogP contribution >= 0.6 is 0 Å². The Bertz CT molecular complexity index is 1170. The molecule has 0 aliphatic carbocycles. The summed E-state index contributed by atoms with van der Waals surface area (Å²) < 4.78 is 39.1. The van der Waals surface area contributed by atoms with Crippen LogP contribution in [-0.4, -0.2) is 26.4 Å². The third-order valence-electron chi connectivity index (χ3n) is 5.40. The van der Waals surface area contributed by atoms with Gasteiger partial charge in [0.1, 0.15) is 11.3 Å². The number of fused-ring (bicyclic) bond motifs is 1. The van der Waals surface area contributed by atoms with Crippen LogP contribution in [-0.2, 0) is 10.0 Å². The number of benzene rings is 2. The van der Waals surface area contributed by atoms with Gasteiger partial charge < -0.3 is 9.15 Å². The van der Waals surface area contributed by atoms with Crippen LogP contribution in [0.25, 0.3) is 11.0 Å². The van der Waals surface area contributed by atoms with E-state index in [4.69, 9.17) is 9.15 Å². The maximum atomic E-state index is 13.6. The second-order valence-electron chi connectivity index (χ2n) is 7.21. The first-order valence-electron chi connectivity index (χ1n) is 9.69. The van der Waals surface area contributed by atoms with Crippen molar-refractivity contribution in [2.75, 3.05) is 13.7 Å². The summed E-state index contributed by atoms with van der Waals surface area (Å²) in [5.41, 5.74) is 0.877. The minimum atomic E-state index is -3.72. The molecule has 0 saturated carbocycles. The van der Waals surface area contributed by atoms with E-state index in [0.717, 1.165) is 37.0 Å². The van der Waals surface area contributed by atoms with Crippen molar-refractivity contribution in [1.82, 2.24) is 4.31 Å². The standard InChI is InChI=1S/C22H23NO5S/c1-27-18-9-6-16(7-10-18)20-5-3-2-4-14-23(20)29(25,26)19-11-12-21-17(15-19)8-13-22(24)28-21/h6-13,15,20H,2-5,14H2,1H3. The molecule has 0 amide bonds. The molecule has 1 aromatic heterocycles. The molecule has 7 heteroatoms. The number of sulfonamides is 1. The Morgan fingerprint density at radius 1 is 1.00 bits per heavy atom. The van der Waals surface area contributed by atoms with Gasteiger partial charge in [-0.15, -0.1) is 0 Å². The average Bonchev–Trinajstić information content (AvgIpc) is 3.00. The minimum absolute atomic E-state index is 0.208. The predicted molar refractivity (Wildman–Crippen MR) is 111 cm³/mol. The van der Waals surface area contributed by atoms with Crippen LogP contribution in [0.1, 0.15) is 37.3 Å². The smallest absolute Gasteiger partial charge is 0.336 e. The maximum absolute atomic E-state index is 13.6. The molecule has 1 saturated heterocycles. The van der Waals surface area contributed by atoms with Crippen LogP contribution in [0.2, 0.25) is 0 Å². The van der Waals surface area contributed by atoms with Gasteiger partial charge in [0.15, 0.2) is 0 Å². The fourth-order valence-corrected chi connectivity index (χ4v) is 5.59. The minimum Gasteiger partial charge on any atom is -0.497 e. The second-order valence-corrected chi connectivity index (χ2v) is 9.10. The fourth-order valence-electron chi connectivity index (χ4n) is 3.87. The Morgan fingerprint density at radius 2 is 1.79 bits per heavy atom. The summed E-state index contributed by atoms with van der Waals surface area (Å²) in [6, 6.07) is 14.9. The largest absolute Gasteiger partial charge is 0.497 e. The van der Waals surface area contributed by atoms with Crippen LogP contribution in [0.3, 0.4) is 0 Å². The fraction of sp³-hybridized carbons (Fsp3) is 0.318. The van der Waals surface area contributed by atoms with E-state index in [-0.39, 0.29) is 10.9 Å². The number of nitrogens with zero attached hydrogens (tertiary/aromatic N) is 1. The van der Waals surface area contributed by atoms with Crippen molar-refractivity contribution < 1.29 is 17.6 Å². The van der Waals surface area contributed by atoms with Crippen molar-refractivity contribution in [3.63, 3.8) is 0 Å². The molecule has 2 heterocycles. The lowest BCUT2D eigenvalue weighted by atomic mass is 10.0. The highest BCUT2D eigenvalue weighted by Crippen LogP contribution is 2.35. The third-order valence-corrected chi connectivity index (χ3v) is 7.31. The number of rotatable bonds is 4. The Hall–Kier alpha value is -2.64. The molecule has 6 nitrogen and oxygen atoms in total. The van der Waals surface area contributed by atoms with Gasteiger partial charge in [0.05, 0.1) is 18.0 Å². The van der Waals surface area contributed by atoms with Crippen LogP contribution in [0, 0.1) is 0 Å². The molecule has 1 aliphatic rings. The highest BCUT2D eigenvalue weighted by atomic mass is 32.2. The van der Waals surface area contributed by atoms with Crippen molar-refractivity contribution in [2.24, 2.45) is 0 Å². The highest BCUT2D eigenvalue weighted by molar-refractivity contribution is 7.89. The predicted octanol–water partition coefficient (Wildman–Crippen LogP) is 4.11. The zero-order valence-electron chi connectivity index (χ0n) is 16.2. The van der Waals surface area contributed by atoms with Crippen molar-refractivity contribution in [2.45, 2.75) is 36.6 Å². The molecule has 1 aliphatic heterocycles. The lowest BCUT2D eigenvalue weighted by Crippen LogP contribution is -2.34. The molecule has 1 unspecified atom stereocenters. The summed E-state index contributed by atoms with van der Waals surface area (Å²) in [6.45, 7) is 0.473. The Kier molecular flexibility index (Phi) is 5.43. The quantitative estimate of drug-likeness (QED) is 0.602. The van der Waals surface area contributed by atoms with E-state index in [2.05, 4.69) is 0 Å². The topological polar surface area (TPSA) is 76.8 Å². The van der Waals surface area contributed by atoms with Crippen molar-refractivity contribution >= 4 is 21.0 Å². The van der Waals surface area contributed by atoms with Crippen molar-refractivity contribution in [3.05, 3.63) is 70.6 Å². The molecule has 0 bridgehead atoms. The molecule has 1 atom stereocenters. The number of methoxy groups -OCH3 is 1. The molecule has 2 aromatic carbocycles. The second kappa shape index (κ2) is 8.00. The van der Waals surface area contributed by atoms with E-state index in [1.807, 2.05) is 24.3 Å². The Morgan fingerprint density at radius 3 is 2.55 bits per heavy atom. The SMILES string of the molecule is COc1ccc(C2CCCCCN2S(=O)(=O)c2ccc3oc(=O)ccc3c2)cc1. The average molecular weight is 413 g/mol. The molecule has 4 rings (SSSR count). The highest BCUT2D eigenvalue weighted by Gasteiger charge is 2.33. The maximum Gasteiger partial charge on any atom is 0.336 e. The molecule has 29 heavy (non-hydrogen) atoms. The van der Waals surface area contributed by atoms with E-state index in [1.54, 1.807) is 29.6 Å². The van der Waals surface area contributed by atoms with E-state index < -0.39 is 15.6 Å². The summed E-state index contributed by atoms with van der Waals surface area (Å²) >= 11 is 0. The first-order valence-corrected chi connectivity index (χ1v) is 11.1. The van der Waals surface area contributed by atoms with E-state index >= 15 is 0 Å². The molecular weight excluding hydrogens is 390 g/mol. The van der Waals surface area contributed by atoms with Crippen LogP contribution in [0.15, 0.2) is 68.7 Å². The summed E-state index contributed by atoms with van der Waals surface area (Å²) in [5.74, 6) is 0.743. The monoisotopic (exact) mass is 413 g/mol. The van der Waals surface area contributed by atoms with Crippen LogP contribution in [0.4, 0.5) is 0 Å². The summed E-state index contributed by atoms with van der Waals surface area (Å²) in [7, 11) is -2.11. The Balaban J connectivity index is 1.75. The van der Waals surface area contributed by atoms with E-state index in [0.29, 0.717) is 17.5 Å². The zero-order chi connectivity index (χ0) is 20.4. The molecular formula is C22H23NO5S. The molecule has 152 valence electrons. The van der Waals surface area contributed by atoms with Gasteiger partial charge in [-0.25, -0.2) is 13.2 Å². The van der Waals surface area contributed by atoms with Gasteiger partial charge in [0.2, 0.25) is 10.0 Å². The van der Waals surface area contributed by atoms with Gasteiger partial charge in [-0.05, 0) is 54.8 Å². The zero-order valence-corrected chi connectivity index (χ0v) is 17.0. The van der Waals surface area contributed by atoms with Crippen LogP contribution < -0.4 is 10.4 Å². The summed E-state index contributed by atoms with van der Waals surface area (Å²) in [6.07, 6.45) is 3.58. The van der Waals surface area contributed by atoms with Gasteiger partial charge in [-0.1, -0.05) is 25.0 Å². The number of hydrogen-bond donors (Lipinski definition) is 0. The molecule has 0 radical (unpaired) electrons. The molecule has 0 spiro atoms. The molecule has 0 N–H and O–H groups in total. The van der Waals surface area contributed by atoms with Gasteiger partial charge in [-0.2, -0.15) is 4.31 Å². The first-order chi connectivity index (χ1) is 14.0. The molecule has 3 aromatic rings. The molecule has 1 fully saturated rings. The Labute approximate surface area is 169 Å². The summed E-state index contributed by atoms with van der Waals surface area (Å²) in [4.78, 5) is 11.6. The number of ether oxygens (including phenoxy) is 1. The number of hydrogen-bond acceptors (Lipinski definition) is 5. The van der Waals surface area contributed by atoms with Crippen molar-refractivity contribution in [3.8, 4) is 5.75 Å². The third kappa shape index (κ3) is 3.93. The van der Waals surface area contributed by atoms with Gasteiger partial charge in [0, 0.05) is 18.0 Å². The lowest BCUT2D eigenvalue weighted by Gasteiger charge is -2.29. The van der Waals surface area contributed by atoms with Crippen molar-refractivity contribution in [1.29, 1.82) is 0 Å². The summed E-state index contributed by atoms with van der Waals surface area (Å²) in [5, 5.41) is 0.585.